The number of carbonyl (C=O) groups excluding carboxylic acids is 1. The van der Waals surface area contributed by atoms with E-state index < -0.39 is 5.91 Å². The number of piperidine rings is 1. The van der Waals surface area contributed by atoms with Gasteiger partial charge in [-0.15, -0.1) is 0 Å². The molecule has 0 bridgehead atoms. The second-order valence-corrected chi connectivity index (χ2v) is 4.18. The first-order valence-corrected chi connectivity index (χ1v) is 5.56. The molecule has 1 aromatic rings. The standard InChI is InChI=1S/C10H16N4O3/c11-12-10(16)9-4-8(17-13-9)6-14-3-1-2-7(15)5-14/h4,7,15H,1-3,5-6,11H2,(H,12,16). The molecule has 1 saturated heterocycles. The van der Waals surface area contributed by atoms with Crippen molar-refractivity contribution in [1.82, 2.24) is 15.5 Å². The number of nitrogens with two attached hydrogens (primary N) is 1. The number of hydrogen-bond donors (Lipinski definition) is 3. The van der Waals surface area contributed by atoms with E-state index in [0.29, 0.717) is 18.8 Å². The number of nitrogen functional groups attached to an aromatic ring is 1. The van der Waals surface area contributed by atoms with Gasteiger partial charge in [0.2, 0.25) is 0 Å². The smallest absolute Gasteiger partial charge is 0.287 e. The summed E-state index contributed by atoms with van der Waals surface area (Å²) in [5.41, 5.74) is 2.16. The highest BCUT2D eigenvalue weighted by molar-refractivity contribution is 5.91. The molecule has 0 aliphatic carbocycles. The number of nitrogens with one attached hydrogen (secondary N) is 1. The van der Waals surface area contributed by atoms with E-state index in [1.807, 2.05) is 5.43 Å². The summed E-state index contributed by atoms with van der Waals surface area (Å²) in [7, 11) is 0. The van der Waals surface area contributed by atoms with E-state index >= 15 is 0 Å². The van der Waals surface area contributed by atoms with Crippen LogP contribution >= 0.6 is 0 Å². The van der Waals surface area contributed by atoms with E-state index in [-0.39, 0.29) is 11.8 Å². The third-order valence-corrected chi connectivity index (χ3v) is 2.78. The Morgan fingerprint density at radius 3 is 3.29 bits per heavy atom. The molecule has 1 aliphatic heterocycles. The lowest BCUT2D eigenvalue weighted by Gasteiger charge is -2.28. The van der Waals surface area contributed by atoms with Gasteiger partial charge < -0.3 is 9.63 Å². The van der Waals surface area contributed by atoms with Crippen LogP contribution in [0.5, 0.6) is 0 Å². The first-order valence-electron chi connectivity index (χ1n) is 5.56. The van der Waals surface area contributed by atoms with E-state index in [1.54, 1.807) is 6.07 Å². The highest BCUT2D eigenvalue weighted by atomic mass is 16.5. The fourth-order valence-corrected chi connectivity index (χ4v) is 1.96. The largest absolute Gasteiger partial charge is 0.392 e. The lowest BCUT2D eigenvalue weighted by atomic mass is 10.1. The Bertz CT molecular complexity index is 393. The van der Waals surface area contributed by atoms with E-state index in [1.165, 1.54) is 0 Å². The summed E-state index contributed by atoms with van der Waals surface area (Å²) in [6.07, 6.45) is 1.53. The second kappa shape index (κ2) is 5.26. The van der Waals surface area contributed by atoms with Gasteiger partial charge in [0.25, 0.3) is 5.91 Å². The predicted molar refractivity (Wildman–Crippen MR) is 58.7 cm³/mol. The van der Waals surface area contributed by atoms with Gasteiger partial charge in [0.15, 0.2) is 11.5 Å². The maximum atomic E-state index is 11.2. The monoisotopic (exact) mass is 240 g/mol. The van der Waals surface area contributed by atoms with Gasteiger partial charge in [0, 0.05) is 12.6 Å². The van der Waals surface area contributed by atoms with Crippen molar-refractivity contribution in [1.29, 1.82) is 0 Å². The zero-order chi connectivity index (χ0) is 12.3. The predicted octanol–water partition coefficient (Wildman–Crippen LogP) is -0.765. The molecule has 0 radical (unpaired) electrons. The van der Waals surface area contributed by atoms with Crippen LogP contribution in [0.3, 0.4) is 0 Å². The van der Waals surface area contributed by atoms with E-state index in [2.05, 4.69) is 10.1 Å². The third-order valence-electron chi connectivity index (χ3n) is 2.78. The van der Waals surface area contributed by atoms with Crippen molar-refractivity contribution < 1.29 is 14.4 Å². The molecule has 1 fully saturated rings. The first-order chi connectivity index (χ1) is 8.19. The average Bonchev–Trinajstić information content (AvgIpc) is 2.76. The molecule has 0 spiro atoms. The van der Waals surface area contributed by atoms with Gasteiger partial charge in [0.1, 0.15) is 0 Å². The molecule has 1 unspecified atom stereocenters. The zero-order valence-corrected chi connectivity index (χ0v) is 9.43. The molecule has 1 amide bonds. The molecular formula is C10H16N4O3. The van der Waals surface area contributed by atoms with Crippen LogP contribution in [0.25, 0.3) is 0 Å². The van der Waals surface area contributed by atoms with Crippen LogP contribution in [-0.2, 0) is 6.54 Å². The van der Waals surface area contributed by atoms with Crippen LogP contribution in [0.2, 0.25) is 0 Å². The topological polar surface area (TPSA) is 105 Å². The summed E-state index contributed by atoms with van der Waals surface area (Å²) >= 11 is 0. The zero-order valence-electron chi connectivity index (χ0n) is 9.43. The van der Waals surface area contributed by atoms with Gasteiger partial charge in [-0.2, -0.15) is 0 Å². The van der Waals surface area contributed by atoms with E-state index in [9.17, 15) is 9.90 Å². The summed E-state index contributed by atoms with van der Waals surface area (Å²) in [5, 5.41) is 13.1. The molecule has 1 aliphatic rings. The lowest BCUT2D eigenvalue weighted by molar-refractivity contribution is 0.0622. The van der Waals surface area contributed by atoms with Crippen molar-refractivity contribution >= 4 is 5.91 Å². The number of aliphatic hydroxyl groups is 1. The van der Waals surface area contributed by atoms with Crippen molar-refractivity contribution in [2.45, 2.75) is 25.5 Å². The van der Waals surface area contributed by atoms with Crippen LogP contribution in [0.1, 0.15) is 29.1 Å². The summed E-state index contributed by atoms with van der Waals surface area (Å²) < 4.78 is 5.04. The first kappa shape index (κ1) is 12.0. The van der Waals surface area contributed by atoms with Gasteiger partial charge in [-0.25, -0.2) is 5.84 Å². The molecule has 1 aromatic heterocycles. The molecule has 94 valence electrons. The number of amides is 1. The summed E-state index contributed by atoms with van der Waals surface area (Å²) in [6, 6.07) is 1.56. The average molecular weight is 240 g/mol. The molecule has 7 nitrogen and oxygen atoms in total. The van der Waals surface area contributed by atoms with Crippen LogP contribution in [0.15, 0.2) is 10.6 Å². The maximum Gasteiger partial charge on any atom is 0.287 e. The molecule has 0 saturated carbocycles. The van der Waals surface area contributed by atoms with Crippen molar-refractivity contribution in [2.75, 3.05) is 13.1 Å². The Labute approximate surface area is 98.5 Å². The fourth-order valence-electron chi connectivity index (χ4n) is 1.96. The Morgan fingerprint density at radius 2 is 2.59 bits per heavy atom. The minimum Gasteiger partial charge on any atom is -0.392 e. The molecule has 2 heterocycles. The van der Waals surface area contributed by atoms with Crippen molar-refractivity contribution in [3.8, 4) is 0 Å². The number of hydrogen-bond acceptors (Lipinski definition) is 6. The van der Waals surface area contributed by atoms with Crippen LogP contribution in [-0.4, -0.2) is 40.3 Å². The van der Waals surface area contributed by atoms with E-state index in [0.717, 1.165) is 19.4 Å². The number of hydrazine groups is 1. The number of rotatable bonds is 3. The maximum absolute atomic E-state index is 11.2. The summed E-state index contributed by atoms with van der Waals surface area (Å²) in [5.74, 6) is 5.11. The molecule has 2 rings (SSSR count). The highest BCUT2D eigenvalue weighted by Gasteiger charge is 2.20. The normalized spacial score (nSPS) is 21.4. The van der Waals surface area contributed by atoms with Gasteiger partial charge in [0.05, 0.1) is 12.6 Å². The Kier molecular flexibility index (Phi) is 3.72. The lowest BCUT2D eigenvalue weighted by Crippen LogP contribution is -2.37. The van der Waals surface area contributed by atoms with Gasteiger partial charge in [-0.1, -0.05) is 5.16 Å². The molecule has 0 aromatic carbocycles. The van der Waals surface area contributed by atoms with E-state index in [4.69, 9.17) is 10.4 Å². The minimum atomic E-state index is -0.473. The van der Waals surface area contributed by atoms with Crippen molar-refractivity contribution in [3.05, 3.63) is 17.5 Å². The molecule has 17 heavy (non-hydrogen) atoms. The summed E-state index contributed by atoms with van der Waals surface area (Å²) in [4.78, 5) is 13.2. The summed E-state index contributed by atoms with van der Waals surface area (Å²) in [6.45, 7) is 2.08. The van der Waals surface area contributed by atoms with Gasteiger partial charge in [-0.3, -0.25) is 15.1 Å². The SMILES string of the molecule is NNC(=O)c1cc(CN2CCCC(O)C2)on1. The number of aliphatic hydroxyl groups excluding tert-OH is 1. The Balaban J connectivity index is 1.94. The highest BCUT2D eigenvalue weighted by Crippen LogP contribution is 2.14. The van der Waals surface area contributed by atoms with Crippen molar-refractivity contribution in [2.24, 2.45) is 5.84 Å². The molecular weight excluding hydrogens is 224 g/mol. The fraction of sp³-hybridized carbons (Fsp3) is 0.600. The Hall–Kier alpha value is -1.44. The quantitative estimate of drug-likeness (QED) is 0.364. The number of likely N-dealkylation sites (tertiary alicyclic amines) is 1. The third kappa shape index (κ3) is 3.02. The van der Waals surface area contributed by atoms with Gasteiger partial charge >= 0.3 is 0 Å². The van der Waals surface area contributed by atoms with Crippen molar-refractivity contribution in [3.63, 3.8) is 0 Å². The molecule has 1 atom stereocenters. The minimum absolute atomic E-state index is 0.167. The van der Waals surface area contributed by atoms with Crippen LogP contribution in [0, 0.1) is 0 Å². The number of nitrogens with zero attached hydrogens (tertiary/aromatic N) is 2. The Morgan fingerprint density at radius 1 is 1.76 bits per heavy atom. The van der Waals surface area contributed by atoms with Gasteiger partial charge in [-0.05, 0) is 19.4 Å². The number of carbonyl (C=O) groups is 1. The number of aromatic nitrogens is 1. The van der Waals surface area contributed by atoms with Crippen LogP contribution in [0.4, 0.5) is 0 Å². The molecule has 7 heteroatoms. The second-order valence-electron chi connectivity index (χ2n) is 4.18. The number of β-amino-alcohol motifs (C(OH)–C–C–N with tert-alkyl or cyclic N) is 1. The molecule has 4 N–H and O–H groups in total. The van der Waals surface area contributed by atoms with Crippen LogP contribution < -0.4 is 11.3 Å².